The molecule has 2 aromatic heterocycles. The molecular weight excluding hydrogens is 575 g/mol. The lowest BCUT2D eigenvalue weighted by Gasteiger charge is -2.34. The zero-order chi connectivity index (χ0) is 35.6. The highest BCUT2D eigenvalue weighted by molar-refractivity contribution is 5.91. The number of aromatic nitrogens is 4. The molecule has 2 amide bonds. The van der Waals surface area contributed by atoms with E-state index in [0.29, 0.717) is 16.6 Å². The first-order chi connectivity index (χ1) is 22.0. The number of hydrogen-bond acceptors (Lipinski definition) is 5. The summed E-state index contributed by atoms with van der Waals surface area (Å²) in [6.45, 7) is -5.66. The monoisotopic (exact) mass is 615 g/mol. The maximum absolute atomic E-state index is 13.7. The number of nitrogens with one attached hydrogen (secondary N) is 2. The number of rotatable bonds is 12. The third-order valence-electron chi connectivity index (χ3n) is 8.01. The largest absolute Gasteiger partial charge is 0.416 e. The van der Waals surface area contributed by atoms with Crippen molar-refractivity contribution in [3.8, 4) is 0 Å². The van der Waals surface area contributed by atoms with Gasteiger partial charge in [0.15, 0.2) is 5.60 Å². The molecular formula is C29H35F5N6O3. The van der Waals surface area contributed by atoms with Crippen molar-refractivity contribution in [2.45, 2.75) is 89.0 Å². The van der Waals surface area contributed by atoms with Crippen molar-refractivity contribution >= 4 is 22.8 Å². The van der Waals surface area contributed by atoms with E-state index >= 15 is 0 Å². The second-order valence-corrected chi connectivity index (χ2v) is 11.8. The third-order valence-corrected chi connectivity index (χ3v) is 8.01. The number of halogens is 5. The normalized spacial score (nSPS) is 21.1. The Morgan fingerprint density at radius 2 is 2.00 bits per heavy atom. The predicted molar refractivity (Wildman–Crippen MR) is 146 cm³/mol. The molecule has 3 aromatic rings. The number of carbonyl (C=O) groups excluding carboxylic acids is 2. The molecule has 0 saturated heterocycles. The minimum Gasteiger partial charge on any atom is -0.365 e. The summed E-state index contributed by atoms with van der Waals surface area (Å²) in [5.41, 5.74) is 3.33. The van der Waals surface area contributed by atoms with E-state index in [1.165, 1.54) is 0 Å². The van der Waals surface area contributed by atoms with Gasteiger partial charge in [0.1, 0.15) is 11.5 Å². The number of alkyl halides is 5. The Hall–Kier alpha value is -3.55. The number of nitrogens with two attached hydrogens (primary N) is 1. The van der Waals surface area contributed by atoms with Gasteiger partial charge in [-0.05, 0) is 69.1 Å². The van der Waals surface area contributed by atoms with Crippen molar-refractivity contribution in [1.29, 1.82) is 0 Å². The molecule has 0 radical (unpaired) electrons. The molecule has 43 heavy (non-hydrogen) atoms. The van der Waals surface area contributed by atoms with E-state index in [1.807, 2.05) is 0 Å². The number of aromatic amines is 1. The summed E-state index contributed by atoms with van der Waals surface area (Å²) in [5.74, 6) is -5.89. The van der Waals surface area contributed by atoms with Crippen LogP contribution in [0, 0.1) is 11.8 Å². The van der Waals surface area contributed by atoms with Crippen molar-refractivity contribution in [2.24, 2.45) is 17.6 Å². The Labute approximate surface area is 251 Å². The molecule has 2 fully saturated rings. The Morgan fingerprint density at radius 1 is 1.28 bits per heavy atom. The van der Waals surface area contributed by atoms with Crippen LogP contribution in [0.1, 0.15) is 99.2 Å². The second kappa shape index (κ2) is 11.2. The van der Waals surface area contributed by atoms with E-state index < -0.39 is 67.1 Å². The smallest absolute Gasteiger partial charge is 0.365 e. The Bertz CT molecular complexity index is 1690. The number of amides is 2. The zero-order valence-electron chi connectivity index (χ0n) is 28.4. The Kier molecular flexibility index (Phi) is 6.46. The van der Waals surface area contributed by atoms with Crippen LogP contribution in [-0.2, 0) is 16.0 Å². The Morgan fingerprint density at radius 3 is 2.60 bits per heavy atom. The third kappa shape index (κ3) is 6.68. The summed E-state index contributed by atoms with van der Waals surface area (Å²) >= 11 is 0. The molecule has 2 heterocycles. The van der Waals surface area contributed by atoms with Crippen LogP contribution in [0.4, 0.5) is 22.0 Å². The van der Waals surface area contributed by atoms with Crippen LogP contribution in [0.3, 0.4) is 0 Å². The minimum absolute atomic E-state index is 0.00755. The summed E-state index contributed by atoms with van der Waals surface area (Å²) in [7, 11) is 0. The van der Waals surface area contributed by atoms with E-state index in [4.69, 9.17) is 17.3 Å². The first-order valence-corrected chi connectivity index (χ1v) is 13.8. The first-order valence-electron chi connectivity index (χ1n) is 16.3. The van der Waals surface area contributed by atoms with Crippen molar-refractivity contribution in [2.75, 3.05) is 6.61 Å². The second-order valence-electron chi connectivity index (χ2n) is 11.8. The molecule has 2 aliphatic rings. The number of aryl methyl sites for hydroxylation is 1. The van der Waals surface area contributed by atoms with Crippen LogP contribution >= 0.6 is 0 Å². The predicted octanol–water partition coefficient (Wildman–Crippen LogP) is 5.37. The van der Waals surface area contributed by atoms with Crippen LogP contribution in [0.2, 0.25) is 0 Å². The summed E-state index contributed by atoms with van der Waals surface area (Å²) < 4.78 is 112. The highest BCUT2D eigenvalue weighted by Gasteiger charge is 2.49. The van der Waals surface area contributed by atoms with E-state index in [-0.39, 0.29) is 47.3 Å². The molecule has 2 atom stereocenters. The SMILES string of the molecule is [2H]C([2H])([2H])C([2H])([2H])n1nc([C@@H](COC(C)(C)C(F)(F)F)c2nc3ccc([C@H](NC(=O)CC4CC(F)(F)C4)C4CC4)cc3[nH]2)cc1C(N)=O. The molecule has 0 aliphatic heterocycles. The van der Waals surface area contributed by atoms with Crippen LogP contribution in [-0.4, -0.2) is 55.9 Å². The molecule has 2 aliphatic carbocycles. The fourth-order valence-corrected chi connectivity index (χ4v) is 5.24. The minimum atomic E-state index is -4.79. The lowest BCUT2D eigenvalue weighted by atomic mass is 9.79. The van der Waals surface area contributed by atoms with Gasteiger partial charge in [0, 0.05) is 29.9 Å². The van der Waals surface area contributed by atoms with Gasteiger partial charge in [0.2, 0.25) is 11.8 Å². The van der Waals surface area contributed by atoms with Gasteiger partial charge < -0.3 is 20.8 Å². The lowest BCUT2D eigenvalue weighted by Crippen LogP contribution is -2.42. The van der Waals surface area contributed by atoms with Gasteiger partial charge in [0.05, 0.1) is 38.0 Å². The highest BCUT2D eigenvalue weighted by atomic mass is 19.4. The van der Waals surface area contributed by atoms with Crippen molar-refractivity contribution in [1.82, 2.24) is 25.1 Å². The van der Waals surface area contributed by atoms with Crippen molar-refractivity contribution in [3.63, 3.8) is 0 Å². The Balaban J connectivity index is 1.49. The van der Waals surface area contributed by atoms with Gasteiger partial charge in [-0.2, -0.15) is 18.3 Å². The molecule has 14 heteroatoms. The van der Waals surface area contributed by atoms with E-state index in [0.717, 1.165) is 32.8 Å². The van der Waals surface area contributed by atoms with Crippen molar-refractivity contribution < 1.29 is 43.1 Å². The molecule has 9 nitrogen and oxygen atoms in total. The van der Waals surface area contributed by atoms with Gasteiger partial charge in [-0.15, -0.1) is 0 Å². The van der Waals surface area contributed by atoms with E-state index in [2.05, 4.69) is 20.4 Å². The number of nitrogens with zero attached hydrogens (tertiary/aromatic N) is 3. The maximum Gasteiger partial charge on any atom is 0.416 e. The van der Waals surface area contributed by atoms with Crippen LogP contribution in [0.25, 0.3) is 11.0 Å². The van der Waals surface area contributed by atoms with Crippen molar-refractivity contribution in [3.05, 3.63) is 47.0 Å². The molecule has 0 unspecified atom stereocenters. The molecule has 4 N–H and O–H groups in total. The number of carbonyl (C=O) groups is 2. The molecule has 234 valence electrons. The quantitative estimate of drug-likeness (QED) is 0.236. The van der Waals surface area contributed by atoms with Gasteiger partial charge in [0.25, 0.3) is 5.91 Å². The fourth-order valence-electron chi connectivity index (χ4n) is 5.24. The average Bonchev–Trinajstić information content (AvgIpc) is 3.52. The van der Waals surface area contributed by atoms with Gasteiger partial charge >= 0.3 is 6.18 Å². The molecule has 0 bridgehead atoms. The van der Waals surface area contributed by atoms with E-state index in [9.17, 15) is 31.5 Å². The van der Waals surface area contributed by atoms with Crippen LogP contribution in [0.5, 0.6) is 0 Å². The summed E-state index contributed by atoms with van der Waals surface area (Å²) in [5, 5.41) is 6.95. The van der Waals surface area contributed by atoms with Gasteiger partial charge in [-0.1, -0.05) is 6.07 Å². The molecule has 5 rings (SSSR count). The number of hydrogen-bond donors (Lipinski definition) is 3. The van der Waals surface area contributed by atoms with Gasteiger partial charge in [-0.3, -0.25) is 14.3 Å². The average molecular weight is 616 g/mol. The first kappa shape index (κ1) is 24.8. The summed E-state index contributed by atoms with van der Waals surface area (Å²) in [6.07, 6.45) is -3.81. The number of benzene rings is 1. The highest BCUT2D eigenvalue weighted by Crippen LogP contribution is 2.45. The number of H-pyrrole nitrogens is 1. The van der Waals surface area contributed by atoms with Crippen LogP contribution in [0.15, 0.2) is 24.3 Å². The molecule has 0 spiro atoms. The fraction of sp³-hybridized carbons (Fsp3) is 0.586. The van der Waals surface area contributed by atoms with Gasteiger partial charge in [-0.25, -0.2) is 13.8 Å². The lowest BCUT2D eigenvalue weighted by molar-refractivity contribution is -0.264. The molecule has 1 aromatic carbocycles. The summed E-state index contributed by atoms with van der Waals surface area (Å²) in [6, 6.07) is 5.60. The van der Waals surface area contributed by atoms with E-state index in [1.54, 1.807) is 18.2 Å². The maximum atomic E-state index is 13.7. The molecule has 2 saturated carbocycles. The number of primary amides is 1. The zero-order valence-corrected chi connectivity index (χ0v) is 23.4. The standard InChI is InChI=1S/C29H35F5N6O3/c1-4-40-22(25(35)42)11-20(39-40)18(14-43-27(2,3)29(32,33)34)26-36-19-8-7-17(10-21(19)37-26)24(16-5-6-16)38-23(41)9-15-12-28(30,31)13-15/h7-8,10-11,15-16,18,24H,4-6,9,12-14H2,1-3H3,(H2,35,42)(H,36,37)(H,38,41)/t18-,24-/m1/s1/i1D3,4D2. The number of fused-ring (bicyclic) bond motifs is 1. The topological polar surface area (TPSA) is 128 Å². The number of imidazole rings is 1. The van der Waals surface area contributed by atoms with Crippen LogP contribution < -0.4 is 11.1 Å². The number of ether oxygens (including phenoxy) is 1. The summed E-state index contributed by atoms with van der Waals surface area (Å²) in [4.78, 5) is 32.5.